The SMILES string of the molecule is Cc1cccc(CN2CCC(C(=O)N3CCc4ccccc4C3)CC2)c1. The summed E-state index contributed by atoms with van der Waals surface area (Å²) in [4.78, 5) is 17.6. The zero-order valence-corrected chi connectivity index (χ0v) is 15.7. The van der Waals surface area contributed by atoms with Crippen LogP contribution in [-0.4, -0.2) is 35.3 Å². The van der Waals surface area contributed by atoms with Crippen molar-refractivity contribution < 1.29 is 4.79 Å². The van der Waals surface area contributed by atoms with Crippen molar-refractivity contribution in [2.45, 2.75) is 39.3 Å². The lowest BCUT2D eigenvalue weighted by Gasteiger charge is -2.36. The van der Waals surface area contributed by atoms with E-state index in [2.05, 4.69) is 65.3 Å². The molecule has 2 aliphatic heterocycles. The molecule has 1 amide bonds. The Morgan fingerprint density at radius 3 is 2.54 bits per heavy atom. The maximum absolute atomic E-state index is 13.0. The van der Waals surface area contributed by atoms with E-state index in [9.17, 15) is 4.79 Å². The molecule has 0 atom stereocenters. The Hall–Kier alpha value is -2.13. The topological polar surface area (TPSA) is 23.6 Å². The lowest BCUT2D eigenvalue weighted by molar-refractivity contribution is -0.138. The first-order valence-corrected chi connectivity index (χ1v) is 9.82. The first kappa shape index (κ1) is 17.3. The summed E-state index contributed by atoms with van der Waals surface area (Å²) in [6.45, 7) is 6.85. The maximum Gasteiger partial charge on any atom is 0.226 e. The summed E-state index contributed by atoms with van der Waals surface area (Å²) in [5.74, 6) is 0.573. The number of hydrogen-bond acceptors (Lipinski definition) is 2. The molecule has 3 nitrogen and oxygen atoms in total. The number of aryl methyl sites for hydroxylation is 1. The average Bonchev–Trinajstić information content (AvgIpc) is 2.68. The zero-order valence-electron chi connectivity index (χ0n) is 15.7. The van der Waals surface area contributed by atoms with E-state index in [0.29, 0.717) is 5.91 Å². The number of hydrogen-bond donors (Lipinski definition) is 0. The smallest absolute Gasteiger partial charge is 0.226 e. The van der Waals surface area contributed by atoms with Crippen LogP contribution < -0.4 is 0 Å². The number of benzene rings is 2. The second kappa shape index (κ2) is 7.63. The number of rotatable bonds is 3. The van der Waals surface area contributed by atoms with Gasteiger partial charge in [0.05, 0.1) is 0 Å². The normalized spacial score (nSPS) is 18.6. The fourth-order valence-corrected chi connectivity index (χ4v) is 4.35. The lowest BCUT2D eigenvalue weighted by Crippen LogP contribution is -2.44. The van der Waals surface area contributed by atoms with Gasteiger partial charge >= 0.3 is 0 Å². The minimum Gasteiger partial charge on any atom is -0.338 e. The van der Waals surface area contributed by atoms with E-state index in [-0.39, 0.29) is 5.92 Å². The highest BCUT2D eigenvalue weighted by molar-refractivity contribution is 5.79. The second-order valence-electron chi connectivity index (χ2n) is 7.82. The minimum absolute atomic E-state index is 0.203. The summed E-state index contributed by atoms with van der Waals surface area (Å²) in [6.07, 6.45) is 2.97. The van der Waals surface area contributed by atoms with Crippen molar-refractivity contribution in [2.24, 2.45) is 5.92 Å². The van der Waals surface area contributed by atoms with Crippen LogP contribution >= 0.6 is 0 Å². The Morgan fingerprint density at radius 2 is 1.77 bits per heavy atom. The quantitative estimate of drug-likeness (QED) is 0.842. The zero-order chi connectivity index (χ0) is 17.9. The van der Waals surface area contributed by atoms with Gasteiger partial charge in [-0.2, -0.15) is 0 Å². The minimum atomic E-state index is 0.203. The van der Waals surface area contributed by atoms with Crippen LogP contribution in [0.1, 0.15) is 35.1 Å². The van der Waals surface area contributed by atoms with E-state index < -0.39 is 0 Å². The molecule has 0 aromatic heterocycles. The molecule has 3 heteroatoms. The molecule has 2 heterocycles. The van der Waals surface area contributed by atoms with E-state index in [0.717, 1.165) is 52.0 Å². The van der Waals surface area contributed by atoms with Gasteiger partial charge in [-0.15, -0.1) is 0 Å². The number of nitrogens with zero attached hydrogens (tertiary/aromatic N) is 2. The van der Waals surface area contributed by atoms with Crippen molar-refractivity contribution in [3.05, 3.63) is 70.8 Å². The van der Waals surface area contributed by atoms with E-state index >= 15 is 0 Å². The van der Waals surface area contributed by atoms with Gasteiger partial charge in [-0.25, -0.2) is 0 Å². The van der Waals surface area contributed by atoms with Gasteiger partial charge in [-0.3, -0.25) is 9.69 Å². The first-order chi connectivity index (χ1) is 12.7. The van der Waals surface area contributed by atoms with Crippen molar-refractivity contribution in [3.63, 3.8) is 0 Å². The summed E-state index contributed by atoms with van der Waals surface area (Å²) in [5.41, 5.74) is 5.42. The second-order valence-corrected chi connectivity index (χ2v) is 7.82. The number of likely N-dealkylation sites (tertiary alicyclic amines) is 1. The third-order valence-electron chi connectivity index (χ3n) is 5.87. The molecule has 0 N–H and O–H groups in total. The fourth-order valence-electron chi connectivity index (χ4n) is 4.35. The molecule has 0 saturated carbocycles. The molecule has 0 unspecified atom stereocenters. The van der Waals surface area contributed by atoms with Gasteiger partial charge in [-0.1, -0.05) is 54.1 Å². The summed E-state index contributed by atoms with van der Waals surface area (Å²) in [5, 5.41) is 0. The molecular formula is C23H28N2O. The highest BCUT2D eigenvalue weighted by atomic mass is 16.2. The largest absolute Gasteiger partial charge is 0.338 e. The van der Waals surface area contributed by atoms with Crippen LogP contribution in [0.4, 0.5) is 0 Å². The monoisotopic (exact) mass is 348 g/mol. The van der Waals surface area contributed by atoms with Crippen molar-refractivity contribution >= 4 is 5.91 Å². The molecular weight excluding hydrogens is 320 g/mol. The van der Waals surface area contributed by atoms with Crippen molar-refractivity contribution in [1.29, 1.82) is 0 Å². The molecule has 1 saturated heterocycles. The summed E-state index contributed by atoms with van der Waals surface area (Å²) >= 11 is 0. The maximum atomic E-state index is 13.0. The number of carbonyl (C=O) groups excluding carboxylic acids is 1. The fraction of sp³-hybridized carbons (Fsp3) is 0.435. The Morgan fingerprint density at radius 1 is 1.00 bits per heavy atom. The van der Waals surface area contributed by atoms with Crippen LogP contribution in [0.15, 0.2) is 48.5 Å². The van der Waals surface area contributed by atoms with Crippen LogP contribution in [-0.2, 0) is 24.3 Å². The van der Waals surface area contributed by atoms with Gasteiger partial charge in [0.1, 0.15) is 0 Å². The Kier molecular flexibility index (Phi) is 5.07. The van der Waals surface area contributed by atoms with Crippen LogP contribution in [0.5, 0.6) is 0 Å². The molecule has 2 aromatic carbocycles. The molecule has 4 rings (SSSR count). The number of piperidine rings is 1. The number of amides is 1. The standard InChI is InChI=1S/C23H28N2O/c1-18-5-4-6-19(15-18)16-24-12-9-21(10-13-24)23(26)25-14-11-20-7-2-3-8-22(20)17-25/h2-8,15,21H,9-14,16-17H2,1H3. The van der Waals surface area contributed by atoms with Gasteiger partial charge in [0.15, 0.2) is 0 Å². The molecule has 26 heavy (non-hydrogen) atoms. The number of carbonyl (C=O) groups is 1. The van der Waals surface area contributed by atoms with Gasteiger partial charge in [0.2, 0.25) is 5.91 Å². The van der Waals surface area contributed by atoms with Crippen LogP contribution in [0.2, 0.25) is 0 Å². The molecule has 0 bridgehead atoms. The van der Waals surface area contributed by atoms with Gasteiger partial charge < -0.3 is 4.90 Å². The lowest BCUT2D eigenvalue weighted by atomic mass is 9.93. The predicted octanol–water partition coefficient (Wildman–Crippen LogP) is 3.79. The predicted molar refractivity (Wildman–Crippen MR) is 105 cm³/mol. The van der Waals surface area contributed by atoms with E-state index in [4.69, 9.17) is 0 Å². The van der Waals surface area contributed by atoms with Crippen molar-refractivity contribution in [1.82, 2.24) is 9.80 Å². The van der Waals surface area contributed by atoms with Gasteiger partial charge in [-0.05, 0) is 56.0 Å². The first-order valence-electron chi connectivity index (χ1n) is 9.82. The van der Waals surface area contributed by atoms with Crippen LogP contribution in [0.3, 0.4) is 0 Å². The molecule has 0 radical (unpaired) electrons. The van der Waals surface area contributed by atoms with Crippen molar-refractivity contribution in [2.75, 3.05) is 19.6 Å². The highest BCUT2D eigenvalue weighted by Crippen LogP contribution is 2.25. The third kappa shape index (κ3) is 3.83. The van der Waals surface area contributed by atoms with Crippen molar-refractivity contribution in [3.8, 4) is 0 Å². The summed E-state index contributed by atoms with van der Waals surface area (Å²) < 4.78 is 0. The van der Waals surface area contributed by atoms with Gasteiger partial charge in [0, 0.05) is 25.6 Å². The summed E-state index contributed by atoms with van der Waals surface area (Å²) in [7, 11) is 0. The van der Waals surface area contributed by atoms with E-state index in [1.54, 1.807) is 0 Å². The molecule has 136 valence electrons. The Bertz CT molecular complexity index is 777. The van der Waals surface area contributed by atoms with E-state index in [1.807, 2.05) is 0 Å². The molecule has 1 fully saturated rings. The molecule has 2 aliphatic rings. The molecule has 0 aliphatic carbocycles. The van der Waals surface area contributed by atoms with Gasteiger partial charge in [0.25, 0.3) is 0 Å². The highest BCUT2D eigenvalue weighted by Gasteiger charge is 2.30. The number of fused-ring (bicyclic) bond motifs is 1. The van der Waals surface area contributed by atoms with E-state index in [1.165, 1.54) is 22.3 Å². The average molecular weight is 348 g/mol. The Labute approximate surface area is 156 Å². The third-order valence-corrected chi connectivity index (χ3v) is 5.87. The molecule has 2 aromatic rings. The van der Waals surface area contributed by atoms with Crippen LogP contribution in [0.25, 0.3) is 0 Å². The summed E-state index contributed by atoms with van der Waals surface area (Å²) in [6, 6.07) is 17.3. The Balaban J connectivity index is 1.31. The van der Waals surface area contributed by atoms with Crippen LogP contribution in [0, 0.1) is 12.8 Å². The molecule has 0 spiro atoms.